The van der Waals surface area contributed by atoms with Gasteiger partial charge in [-0.1, -0.05) is 25.3 Å². The first-order chi connectivity index (χ1) is 6.11. The third kappa shape index (κ3) is 1.36. The van der Waals surface area contributed by atoms with Crippen LogP contribution in [0.3, 0.4) is 0 Å². The summed E-state index contributed by atoms with van der Waals surface area (Å²) < 4.78 is 0. The summed E-state index contributed by atoms with van der Waals surface area (Å²) in [6.45, 7) is 6.81. The Morgan fingerprint density at radius 3 is 2.15 bits per heavy atom. The fraction of sp³-hybridized carbons (Fsp3) is 0. The maximum Gasteiger partial charge on any atom is 0.233 e. The van der Waals surface area contributed by atoms with Crippen LogP contribution in [0.5, 0.6) is 0 Å². The van der Waals surface area contributed by atoms with Crippen LogP contribution in [0.2, 0.25) is 0 Å². The Hall–Kier alpha value is -1.90. The highest BCUT2D eigenvalue weighted by Crippen LogP contribution is 2.20. The molecule has 0 saturated heterocycles. The maximum atomic E-state index is 11.2. The molecule has 3 nitrogen and oxygen atoms in total. The van der Waals surface area contributed by atoms with Crippen molar-refractivity contribution in [1.29, 1.82) is 0 Å². The van der Waals surface area contributed by atoms with E-state index >= 15 is 0 Å². The van der Waals surface area contributed by atoms with E-state index in [0.717, 1.165) is 6.08 Å². The van der Waals surface area contributed by atoms with Crippen molar-refractivity contribution in [3.05, 3.63) is 48.3 Å². The molecule has 0 atom stereocenters. The van der Waals surface area contributed by atoms with E-state index in [1.54, 1.807) is 0 Å². The average molecular weight is 176 g/mol. The number of ketones is 2. The minimum atomic E-state index is -0.738. The van der Waals surface area contributed by atoms with Gasteiger partial charge in [0.05, 0.1) is 0 Å². The highest BCUT2D eigenvalue weighted by atomic mass is 16.3. The number of aliphatic hydroxyl groups excluding tert-OH is 1. The van der Waals surface area contributed by atoms with Gasteiger partial charge in [-0.3, -0.25) is 9.59 Å². The number of Topliss-reactive ketones (excluding diaryl/α,β-unsaturated/α-hetero) is 1. The number of carbonyl (C=O) groups excluding carboxylic acids is 2. The van der Waals surface area contributed by atoms with E-state index < -0.39 is 11.6 Å². The van der Waals surface area contributed by atoms with Crippen molar-refractivity contribution in [3.63, 3.8) is 0 Å². The van der Waals surface area contributed by atoms with Gasteiger partial charge in [-0.05, 0) is 0 Å². The standard InChI is InChI=1S/C10H8O3/c1-3-6-7(4-2)10(13)9(12)5-8(6)11/h3-5,11H,1-2H2. The molecule has 0 aromatic heterocycles. The van der Waals surface area contributed by atoms with Crippen LogP contribution in [0.1, 0.15) is 0 Å². The van der Waals surface area contributed by atoms with Crippen LogP contribution in [0.25, 0.3) is 0 Å². The summed E-state index contributed by atoms with van der Waals surface area (Å²) in [5, 5.41) is 9.27. The van der Waals surface area contributed by atoms with Crippen molar-refractivity contribution in [1.82, 2.24) is 0 Å². The molecule has 0 fully saturated rings. The maximum absolute atomic E-state index is 11.2. The van der Waals surface area contributed by atoms with Crippen LogP contribution in [-0.2, 0) is 9.59 Å². The number of rotatable bonds is 2. The van der Waals surface area contributed by atoms with Gasteiger partial charge >= 0.3 is 0 Å². The highest BCUT2D eigenvalue weighted by molar-refractivity contribution is 6.49. The molecule has 0 aliphatic heterocycles. The lowest BCUT2D eigenvalue weighted by molar-refractivity contribution is -0.131. The lowest BCUT2D eigenvalue weighted by Crippen LogP contribution is -2.19. The molecule has 1 aliphatic carbocycles. The van der Waals surface area contributed by atoms with Crippen molar-refractivity contribution in [3.8, 4) is 0 Å². The van der Waals surface area contributed by atoms with Gasteiger partial charge in [-0.15, -0.1) is 0 Å². The Labute approximate surface area is 75.4 Å². The molecule has 3 heteroatoms. The van der Waals surface area contributed by atoms with Gasteiger partial charge < -0.3 is 5.11 Å². The number of aliphatic hydroxyl groups is 1. The van der Waals surface area contributed by atoms with Crippen molar-refractivity contribution in [2.75, 3.05) is 0 Å². The van der Waals surface area contributed by atoms with Gasteiger partial charge in [0, 0.05) is 17.2 Å². The van der Waals surface area contributed by atoms with Crippen LogP contribution >= 0.6 is 0 Å². The Morgan fingerprint density at radius 2 is 1.69 bits per heavy atom. The minimum absolute atomic E-state index is 0.0972. The predicted molar refractivity (Wildman–Crippen MR) is 48.1 cm³/mol. The van der Waals surface area contributed by atoms with Gasteiger partial charge in [-0.25, -0.2) is 0 Å². The third-order valence-corrected chi connectivity index (χ3v) is 1.71. The van der Waals surface area contributed by atoms with Gasteiger partial charge in [0.15, 0.2) is 0 Å². The second-order valence-electron chi connectivity index (χ2n) is 2.46. The molecule has 0 bridgehead atoms. The van der Waals surface area contributed by atoms with Crippen LogP contribution in [0.15, 0.2) is 48.3 Å². The lowest BCUT2D eigenvalue weighted by atomic mass is 9.94. The van der Waals surface area contributed by atoms with Crippen LogP contribution in [0, 0.1) is 0 Å². The first-order valence-corrected chi connectivity index (χ1v) is 3.60. The number of hydrogen-bond acceptors (Lipinski definition) is 3. The predicted octanol–water partition coefficient (Wildman–Crippen LogP) is 1.25. The van der Waals surface area contributed by atoms with Crippen LogP contribution < -0.4 is 0 Å². The van der Waals surface area contributed by atoms with E-state index in [9.17, 15) is 14.7 Å². The fourth-order valence-electron chi connectivity index (χ4n) is 1.08. The molecule has 1 N–H and O–H groups in total. The molecule has 0 radical (unpaired) electrons. The first kappa shape index (κ1) is 9.19. The SMILES string of the molecule is C=CC1=C(C=C)C(O)=CC(=O)C1=O. The summed E-state index contributed by atoms with van der Waals surface area (Å²) in [7, 11) is 0. The van der Waals surface area contributed by atoms with Crippen molar-refractivity contribution < 1.29 is 14.7 Å². The number of hydrogen-bond donors (Lipinski definition) is 1. The topological polar surface area (TPSA) is 54.4 Å². The molecule has 0 saturated carbocycles. The van der Waals surface area contributed by atoms with Crippen LogP contribution in [0.4, 0.5) is 0 Å². The Kier molecular flexibility index (Phi) is 2.28. The fourth-order valence-corrected chi connectivity index (χ4v) is 1.08. The molecule has 1 rings (SSSR count). The summed E-state index contributed by atoms with van der Waals surface area (Å²) in [5.74, 6) is -1.64. The molecule has 66 valence electrons. The largest absolute Gasteiger partial charge is 0.507 e. The van der Waals surface area contributed by atoms with E-state index in [1.807, 2.05) is 0 Å². The normalized spacial score (nSPS) is 17.1. The van der Waals surface area contributed by atoms with Crippen molar-refractivity contribution >= 4 is 11.6 Å². The molecule has 1 aliphatic rings. The van der Waals surface area contributed by atoms with Crippen LogP contribution in [-0.4, -0.2) is 16.7 Å². The molecule has 0 aromatic rings. The molecule has 0 heterocycles. The van der Waals surface area contributed by atoms with Gasteiger partial charge in [-0.2, -0.15) is 0 Å². The van der Waals surface area contributed by atoms with Crippen molar-refractivity contribution in [2.24, 2.45) is 0 Å². The summed E-state index contributed by atoms with van der Waals surface area (Å²) in [6.07, 6.45) is 3.43. The Morgan fingerprint density at radius 1 is 1.15 bits per heavy atom. The highest BCUT2D eigenvalue weighted by Gasteiger charge is 2.24. The number of allylic oxidation sites excluding steroid dienone is 4. The van der Waals surface area contributed by atoms with E-state index in [1.165, 1.54) is 12.2 Å². The first-order valence-electron chi connectivity index (χ1n) is 3.60. The zero-order chi connectivity index (χ0) is 10.0. The molecule has 13 heavy (non-hydrogen) atoms. The van der Waals surface area contributed by atoms with Gasteiger partial charge in [0.1, 0.15) is 5.76 Å². The molecular weight excluding hydrogens is 168 g/mol. The second-order valence-corrected chi connectivity index (χ2v) is 2.46. The molecule has 0 spiro atoms. The minimum Gasteiger partial charge on any atom is -0.507 e. The Bertz CT molecular complexity index is 370. The Balaban J connectivity index is 3.39. The summed E-state index contributed by atoms with van der Waals surface area (Å²) >= 11 is 0. The quantitative estimate of drug-likeness (QED) is 0.508. The second kappa shape index (κ2) is 3.23. The zero-order valence-electron chi connectivity index (χ0n) is 6.91. The van der Waals surface area contributed by atoms with Gasteiger partial charge in [0.2, 0.25) is 11.6 Å². The molecule has 0 unspecified atom stereocenters. The third-order valence-electron chi connectivity index (χ3n) is 1.71. The van der Waals surface area contributed by atoms with E-state index in [2.05, 4.69) is 13.2 Å². The monoisotopic (exact) mass is 176 g/mol. The summed E-state index contributed by atoms with van der Waals surface area (Å²) in [6, 6.07) is 0. The van der Waals surface area contributed by atoms with E-state index in [-0.39, 0.29) is 16.9 Å². The van der Waals surface area contributed by atoms with E-state index in [0.29, 0.717) is 0 Å². The van der Waals surface area contributed by atoms with Crippen molar-refractivity contribution in [2.45, 2.75) is 0 Å². The number of carbonyl (C=O) groups is 2. The lowest BCUT2D eigenvalue weighted by Gasteiger charge is -2.10. The van der Waals surface area contributed by atoms with Gasteiger partial charge in [0.25, 0.3) is 0 Å². The molecular formula is C10H8O3. The molecule has 0 aromatic carbocycles. The molecule has 0 amide bonds. The smallest absolute Gasteiger partial charge is 0.233 e. The summed E-state index contributed by atoms with van der Waals surface area (Å²) in [4.78, 5) is 22.1. The van der Waals surface area contributed by atoms with E-state index in [4.69, 9.17) is 0 Å². The summed E-state index contributed by atoms with van der Waals surface area (Å²) in [5.41, 5.74) is 0.347. The zero-order valence-corrected chi connectivity index (χ0v) is 6.91. The average Bonchev–Trinajstić information content (AvgIpc) is 2.10.